The smallest absolute Gasteiger partial charge is 0.407 e. The molecule has 3 heterocycles. The van der Waals surface area contributed by atoms with E-state index >= 15 is 0 Å². The summed E-state index contributed by atoms with van der Waals surface area (Å²) in [5, 5.41) is 14.3. The van der Waals surface area contributed by atoms with E-state index in [2.05, 4.69) is 12.2 Å². The van der Waals surface area contributed by atoms with E-state index in [9.17, 15) is 14.7 Å². The number of cyclic esters (lactones) is 1. The molecular weight excluding hydrogens is 496 g/mol. The van der Waals surface area contributed by atoms with Gasteiger partial charge >= 0.3 is 12.1 Å². The van der Waals surface area contributed by atoms with Crippen LogP contribution in [0.5, 0.6) is 0 Å². The Balaban J connectivity index is 0.967. The van der Waals surface area contributed by atoms with Crippen LogP contribution in [0.25, 0.3) is 0 Å². The van der Waals surface area contributed by atoms with Crippen molar-refractivity contribution in [2.75, 3.05) is 52.7 Å². The lowest BCUT2D eigenvalue weighted by molar-refractivity contribution is -0.136. The van der Waals surface area contributed by atoms with Gasteiger partial charge in [0.05, 0.1) is 51.3 Å². The number of rotatable bonds is 12. The molecule has 38 heavy (non-hydrogen) atoms. The van der Waals surface area contributed by atoms with Crippen molar-refractivity contribution in [1.29, 1.82) is 0 Å². The monoisotopic (exact) mass is 536 g/mol. The molecular formula is C27H40N2O9. The molecule has 4 N–H and O–H groups in total. The second-order valence-electron chi connectivity index (χ2n) is 11.7. The molecule has 4 fully saturated rings. The lowest BCUT2D eigenvalue weighted by Crippen LogP contribution is -2.66. The average Bonchev–Trinajstić information content (AvgIpc) is 3.79. The molecule has 2 saturated carbocycles. The molecule has 0 radical (unpaired) electrons. The predicted molar refractivity (Wildman–Crippen MR) is 132 cm³/mol. The summed E-state index contributed by atoms with van der Waals surface area (Å²) in [6.07, 6.45) is 3.36. The largest absolute Gasteiger partial charge is 0.458 e. The number of nitrogens with one attached hydrogen (secondary N) is 1. The van der Waals surface area contributed by atoms with Crippen molar-refractivity contribution in [3.8, 4) is 0 Å². The Labute approximate surface area is 222 Å². The fourth-order valence-corrected chi connectivity index (χ4v) is 8.18. The van der Waals surface area contributed by atoms with Crippen molar-refractivity contribution in [1.82, 2.24) is 5.32 Å². The normalized spacial score (nSPS) is 41.8. The number of carbonyl (C=O) groups excluding carboxylic acids is 2. The molecule has 2 spiro atoms. The Morgan fingerprint density at radius 3 is 2.76 bits per heavy atom. The van der Waals surface area contributed by atoms with Gasteiger partial charge in [0, 0.05) is 24.1 Å². The van der Waals surface area contributed by atoms with Crippen LogP contribution < -0.4 is 11.1 Å². The van der Waals surface area contributed by atoms with E-state index in [1.807, 2.05) is 0 Å². The second kappa shape index (κ2) is 10.0. The minimum absolute atomic E-state index is 0.0251. The third-order valence-electron chi connectivity index (χ3n) is 9.94. The van der Waals surface area contributed by atoms with Gasteiger partial charge in [0.25, 0.3) is 0 Å². The van der Waals surface area contributed by atoms with Gasteiger partial charge in [0.15, 0.2) is 5.60 Å². The first-order valence-electron chi connectivity index (χ1n) is 14.1. The van der Waals surface area contributed by atoms with E-state index in [-0.39, 0.29) is 42.0 Å². The van der Waals surface area contributed by atoms with Crippen LogP contribution in [0.1, 0.15) is 45.4 Å². The summed E-state index contributed by atoms with van der Waals surface area (Å²) >= 11 is 0. The molecule has 0 aromatic heterocycles. The van der Waals surface area contributed by atoms with Crippen molar-refractivity contribution >= 4 is 12.1 Å². The van der Waals surface area contributed by atoms with Gasteiger partial charge in [-0.1, -0.05) is 6.92 Å². The second-order valence-corrected chi connectivity index (χ2v) is 11.7. The standard InChI is InChI=1S/C27H40N2O9/c1-25-5-4-17-18(15-36-23(17)31)19(25)14-20-26(37-20)22(30)16(13-21-27(25,26)38-21)3-2-8-35-24(32)29-7-10-34-12-11-33-9-6-28/h16,19-22,30H,2-15,28H2,1H3,(H,29,32)/t16?,19?,20-,21-,22+,25-,26+,27+/m0/s1. The number of aliphatic hydroxyl groups excluding tert-OH is 1. The Morgan fingerprint density at radius 1 is 1.13 bits per heavy atom. The Kier molecular flexibility index (Phi) is 6.97. The van der Waals surface area contributed by atoms with E-state index in [0.29, 0.717) is 59.0 Å². The maximum atomic E-state index is 12.2. The minimum atomic E-state index is -0.666. The van der Waals surface area contributed by atoms with Crippen LogP contribution in [0, 0.1) is 17.3 Å². The van der Waals surface area contributed by atoms with Crippen LogP contribution in [0.3, 0.4) is 0 Å². The molecule has 212 valence electrons. The first kappa shape index (κ1) is 26.5. The number of hydrogen-bond acceptors (Lipinski definition) is 10. The summed E-state index contributed by atoms with van der Waals surface area (Å²) in [6, 6.07) is 0. The zero-order valence-electron chi connectivity index (χ0n) is 22.1. The number of hydrogen-bond donors (Lipinski definition) is 3. The summed E-state index contributed by atoms with van der Waals surface area (Å²) in [6.45, 7) is 5.58. The predicted octanol–water partition coefficient (Wildman–Crippen LogP) is 0.814. The number of fused-ring (bicyclic) bond motifs is 2. The molecule has 11 heteroatoms. The highest BCUT2D eigenvalue weighted by Crippen LogP contribution is 2.79. The van der Waals surface area contributed by atoms with Crippen LogP contribution in [-0.4, -0.2) is 99.4 Å². The van der Waals surface area contributed by atoms with Gasteiger partial charge in [-0.15, -0.1) is 0 Å². The van der Waals surface area contributed by atoms with Gasteiger partial charge in [-0.2, -0.15) is 0 Å². The van der Waals surface area contributed by atoms with Crippen molar-refractivity contribution in [2.24, 2.45) is 23.0 Å². The number of amides is 1. The van der Waals surface area contributed by atoms with Gasteiger partial charge in [0.1, 0.15) is 12.2 Å². The molecule has 8 atom stereocenters. The van der Waals surface area contributed by atoms with Gasteiger partial charge in [-0.3, -0.25) is 0 Å². The molecule has 0 aromatic rings. The van der Waals surface area contributed by atoms with Crippen molar-refractivity contribution < 1.29 is 43.1 Å². The van der Waals surface area contributed by atoms with Crippen LogP contribution in [-0.2, 0) is 33.2 Å². The summed E-state index contributed by atoms with van der Waals surface area (Å²) < 4.78 is 34.2. The number of alkyl carbamates (subject to hydrolysis) is 1. The molecule has 3 aliphatic heterocycles. The fraction of sp³-hybridized carbons (Fsp3) is 0.852. The van der Waals surface area contributed by atoms with Gasteiger partial charge in [-0.25, -0.2) is 9.59 Å². The molecule has 2 unspecified atom stereocenters. The number of ether oxygens (including phenoxy) is 6. The molecule has 6 rings (SSSR count). The third-order valence-corrected chi connectivity index (χ3v) is 9.94. The first-order chi connectivity index (χ1) is 18.4. The lowest BCUT2D eigenvalue weighted by Gasteiger charge is -2.53. The van der Waals surface area contributed by atoms with Crippen LogP contribution in [0.15, 0.2) is 11.1 Å². The Morgan fingerprint density at radius 2 is 1.95 bits per heavy atom. The Bertz CT molecular complexity index is 990. The highest BCUT2D eigenvalue weighted by molar-refractivity contribution is 5.92. The maximum absolute atomic E-state index is 12.2. The van der Waals surface area contributed by atoms with E-state index in [1.54, 1.807) is 0 Å². The number of carbonyl (C=O) groups is 2. The maximum Gasteiger partial charge on any atom is 0.407 e. The van der Waals surface area contributed by atoms with E-state index in [0.717, 1.165) is 36.8 Å². The summed E-state index contributed by atoms with van der Waals surface area (Å²) in [4.78, 5) is 24.2. The number of nitrogens with two attached hydrogens (primary N) is 1. The highest BCUT2D eigenvalue weighted by Gasteiger charge is 2.92. The van der Waals surface area contributed by atoms with Crippen molar-refractivity contribution in [2.45, 2.75) is 75.0 Å². The van der Waals surface area contributed by atoms with Crippen LogP contribution in [0.4, 0.5) is 4.79 Å². The molecule has 0 bridgehead atoms. The zero-order valence-corrected chi connectivity index (χ0v) is 22.1. The van der Waals surface area contributed by atoms with Crippen molar-refractivity contribution in [3.63, 3.8) is 0 Å². The lowest BCUT2D eigenvalue weighted by atomic mass is 9.47. The molecule has 1 amide bonds. The first-order valence-corrected chi connectivity index (χ1v) is 14.1. The van der Waals surface area contributed by atoms with Gasteiger partial charge in [0.2, 0.25) is 0 Å². The summed E-state index contributed by atoms with van der Waals surface area (Å²) in [7, 11) is 0. The zero-order chi connectivity index (χ0) is 26.5. The summed E-state index contributed by atoms with van der Waals surface area (Å²) in [5.41, 5.74) is 5.98. The number of aliphatic hydroxyl groups is 1. The van der Waals surface area contributed by atoms with Crippen LogP contribution >= 0.6 is 0 Å². The number of epoxide rings is 2. The quantitative estimate of drug-likeness (QED) is 0.185. The topological polar surface area (TPSA) is 154 Å². The van der Waals surface area contributed by atoms with Crippen LogP contribution in [0.2, 0.25) is 0 Å². The van der Waals surface area contributed by atoms with E-state index in [4.69, 9.17) is 34.2 Å². The van der Waals surface area contributed by atoms with E-state index in [1.165, 1.54) is 0 Å². The van der Waals surface area contributed by atoms with E-state index < -0.39 is 23.4 Å². The molecule has 2 saturated heterocycles. The minimum Gasteiger partial charge on any atom is -0.458 e. The molecule has 3 aliphatic carbocycles. The average molecular weight is 537 g/mol. The molecule has 6 aliphatic rings. The molecule has 11 nitrogen and oxygen atoms in total. The SMILES string of the molecule is C[C@]12CCC3=C(COC3=O)C1C[C@@H]1O[C@@]13[C@H](O)C(CCCOC(=O)NCCOCCOCCN)C[C@@H]1O[C@@]132. The third kappa shape index (κ3) is 3.92. The highest BCUT2D eigenvalue weighted by atomic mass is 16.7. The number of esters is 1. The molecule has 0 aromatic carbocycles. The van der Waals surface area contributed by atoms with Gasteiger partial charge in [-0.05, 0) is 55.9 Å². The van der Waals surface area contributed by atoms with Gasteiger partial charge < -0.3 is 44.6 Å². The van der Waals surface area contributed by atoms with Crippen molar-refractivity contribution in [3.05, 3.63) is 11.1 Å². The fourth-order valence-electron chi connectivity index (χ4n) is 8.18. The summed E-state index contributed by atoms with van der Waals surface area (Å²) in [5.74, 6) is 0.0458. The Hall–Kier alpha value is -1.76.